The quantitative estimate of drug-likeness (QED) is 0.458. The third kappa shape index (κ3) is 7.00. The Kier molecular flexibility index (Phi) is 9.48. The maximum absolute atomic E-state index is 13.4. The molecule has 2 fully saturated rings. The lowest BCUT2D eigenvalue weighted by atomic mass is 9.92. The number of aliphatic hydroxyl groups excluding tert-OH is 2. The van der Waals surface area contributed by atoms with E-state index in [4.69, 9.17) is 10.1 Å². The van der Waals surface area contributed by atoms with Gasteiger partial charge in [-0.15, -0.1) is 11.3 Å². The van der Waals surface area contributed by atoms with Crippen LogP contribution >= 0.6 is 11.3 Å². The number of pyridine rings is 1. The molecule has 0 aromatic carbocycles. The summed E-state index contributed by atoms with van der Waals surface area (Å²) in [6, 6.07) is 6.01. The van der Waals surface area contributed by atoms with Gasteiger partial charge in [0.2, 0.25) is 5.91 Å². The van der Waals surface area contributed by atoms with E-state index in [0.717, 1.165) is 81.2 Å². The molecule has 0 saturated carbocycles. The number of piperidine rings is 2. The zero-order valence-electron chi connectivity index (χ0n) is 20.7. The Balaban J connectivity index is 1.31. The van der Waals surface area contributed by atoms with E-state index < -0.39 is 6.10 Å². The van der Waals surface area contributed by atoms with Crippen LogP contribution in [0, 0.1) is 0 Å². The van der Waals surface area contributed by atoms with Gasteiger partial charge in [-0.2, -0.15) is 0 Å². The molecule has 0 aliphatic carbocycles. The molecule has 3 N–H and O–H groups in total. The fraction of sp³-hybridized carbons (Fsp3) is 0.654. The summed E-state index contributed by atoms with van der Waals surface area (Å²) in [6.45, 7) is 4.98. The number of carbonyl (C=O) groups excluding carboxylic acids is 1. The number of likely N-dealkylation sites (tertiary alicyclic amines) is 2. The Morgan fingerprint density at radius 3 is 2.83 bits per heavy atom. The van der Waals surface area contributed by atoms with Crippen molar-refractivity contribution in [3.8, 4) is 0 Å². The van der Waals surface area contributed by atoms with E-state index >= 15 is 0 Å². The Hall–Kier alpha value is -2.07. The van der Waals surface area contributed by atoms with E-state index in [2.05, 4.69) is 28.2 Å². The van der Waals surface area contributed by atoms with Gasteiger partial charge < -0.3 is 20.4 Å². The van der Waals surface area contributed by atoms with E-state index in [1.54, 1.807) is 11.3 Å². The Morgan fingerprint density at radius 2 is 2.06 bits per heavy atom. The van der Waals surface area contributed by atoms with Crippen molar-refractivity contribution in [3.05, 3.63) is 35.0 Å². The van der Waals surface area contributed by atoms with Gasteiger partial charge in [0.1, 0.15) is 5.82 Å². The van der Waals surface area contributed by atoms with Crippen LogP contribution in [0.3, 0.4) is 0 Å². The minimum Gasteiger partial charge on any atom is -0.394 e. The van der Waals surface area contributed by atoms with E-state index in [0.29, 0.717) is 18.9 Å². The molecule has 2 aromatic heterocycles. The number of nitrogens with one attached hydrogen (secondary N) is 1. The summed E-state index contributed by atoms with van der Waals surface area (Å²) in [5.74, 6) is 1.38. The molecule has 1 unspecified atom stereocenters. The van der Waals surface area contributed by atoms with E-state index in [1.165, 1.54) is 4.88 Å². The number of carbonyl (C=O) groups is 1. The van der Waals surface area contributed by atoms with Crippen molar-refractivity contribution in [2.24, 2.45) is 0 Å². The van der Waals surface area contributed by atoms with Crippen LogP contribution in [0.4, 0.5) is 10.9 Å². The lowest BCUT2D eigenvalue weighted by Crippen LogP contribution is -2.53. The van der Waals surface area contributed by atoms with E-state index in [1.807, 2.05) is 23.2 Å². The predicted molar refractivity (Wildman–Crippen MR) is 139 cm³/mol. The molecule has 0 spiro atoms. The standard InChI is InChI=1S/C26H39N5O3S/c1-2-6-21-17-27-26(35-21)29-24-9-5-7-22(28-24)19-10-14-31(15-11-19)25(34)23-8-3-4-13-30(23)16-12-20(33)18-32/h5,7,9,17,19-20,23,32-33H,2-4,6,8,10-16,18H2,1H3,(H,27,28,29)/t20?,23-/m0/s1. The van der Waals surface area contributed by atoms with E-state index in [9.17, 15) is 9.90 Å². The number of aromatic nitrogens is 2. The van der Waals surface area contributed by atoms with Gasteiger partial charge in [-0.05, 0) is 57.2 Å². The van der Waals surface area contributed by atoms with Crippen molar-refractivity contribution in [1.29, 1.82) is 0 Å². The summed E-state index contributed by atoms with van der Waals surface area (Å²) < 4.78 is 0. The molecular weight excluding hydrogens is 462 g/mol. The highest BCUT2D eigenvalue weighted by atomic mass is 32.1. The molecular formula is C26H39N5O3S. The van der Waals surface area contributed by atoms with Gasteiger partial charge in [0, 0.05) is 42.3 Å². The number of aliphatic hydroxyl groups is 2. The van der Waals surface area contributed by atoms with Crippen molar-refractivity contribution < 1.29 is 15.0 Å². The van der Waals surface area contributed by atoms with Gasteiger partial charge in [0.15, 0.2) is 5.13 Å². The maximum Gasteiger partial charge on any atom is 0.239 e. The SMILES string of the molecule is CCCc1cnc(Nc2cccc(C3CCN(C(=O)[C@@H]4CCCCN4CCC(O)CO)CC3)n2)s1. The first kappa shape index (κ1) is 26.0. The predicted octanol–water partition coefficient (Wildman–Crippen LogP) is 3.54. The topological polar surface area (TPSA) is 102 Å². The van der Waals surface area contributed by atoms with Crippen molar-refractivity contribution in [3.63, 3.8) is 0 Å². The summed E-state index contributed by atoms with van der Waals surface area (Å²) in [5.41, 5.74) is 1.07. The van der Waals surface area contributed by atoms with Crippen LogP contribution in [-0.2, 0) is 11.2 Å². The lowest BCUT2D eigenvalue weighted by molar-refractivity contribution is -0.139. The second-order valence-electron chi connectivity index (χ2n) is 9.73. The second kappa shape index (κ2) is 12.8. The highest BCUT2D eigenvalue weighted by Gasteiger charge is 2.34. The molecule has 2 atom stereocenters. The van der Waals surface area contributed by atoms with Crippen molar-refractivity contribution in [2.45, 2.75) is 76.4 Å². The number of anilines is 2. The largest absolute Gasteiger partial charge is 0.394 e. The minimum atomic E-state index is -0.713. The third-order valence-electron chi connectivity index (χ3n) is 7.14. The van der Waals surface area contributed by atoms with Crippen molar-refractivity contribution >= 4 is 28.2 Å². The average Bonchev–Trinajstić information content (AvgIpc) is 3.34. The van der Waals surface area contributed by atoms with Gasteiger partial charge in [-0.1, -0.05) is 25.8 Å². The van der Waals surface area contributed by atoms with Gasteiger partial charge >= 0.3 is 0 Å². The van der Waals surface area contributed by atoms with Gasteiger partial charge in [-0.25, -0.2) is 9.97 Å². The second-order valence-corrected chi connectivity index (χ2v) is 10.8. The molecule has 192 valence electrons. The average molecular weight is 502 g/mol. The van der Waals surface area contributed by atoms with Gasteiger partial charge in [-0.3, -0.25) is 9.69 Å². The van der Waals surface area contributed by atoms with Gasteiger partial charge in [0.25, 0.3) is 0 Å². The van der Waals surface area contributed by atoms with Crippen molar-refractivity contribution in [2.75, 3.05) is 38.1 Å². The van der Waals surface area contributed by atoms with Crippen LogP contribution < -0.4 is 5.32 Å². The number of aryl methyl sites for hydroxylation is 1. The van der Waals surface area contributed by atoms with Crippen LogP contribution in [0.1, 0.15) is 68.4 Å². The van der Waals surface area contributed by atoms with Gasteiger partial charge in [0.05, 0.1) is 18.8 Å². The Bertz CT molecular complexity index is 947. The maximum atomic E-state index is 13.4. The minimum absolute atomic E-state index is 0.104. The molecule has 0 bridgehead atoms. The summed E-state index contributed by atoms with van der Waals surface area (Å²) in [5, 5.41) is 23.1. The Labute approximate surface area is 212 Å². The van der Waals surface area contributed by atoms with Crippen LogP contribution in [-0.4, -0.2) is 80.8 Å². The van der Waals surface area contributed by atoms with Crippen LogP contribution in [0.2, 0.25) is 0 Å². The number of hydrogen-bond acceptors (Lipinski definition) is 8. The molecule has 4 rings (SSSR count). The number of amides is 1. The zero-order chi connectivity index (χ0) is 24.6. The van der Waals surface area contributed by atoms with Crippen LogP contribution in [0.25, 0.3) is 0 Å². The molecule has 4 heterocycles. The molecule has 2 aromatic rings. The normalized spacial score (nSPS) is 20.7. The number of rotatable bonds is 10. The number of hydrogen-bond donors (Lipinski definition) is 3. The van der Waals surface area contributed by atoms with E-state index in [-0.39, 0.29) is 18.6 Å². The van der Waals surface area contributed by atoms with Crippen LogP contribution in [0.15, 0.2) is 24.4 Å². The summed E-state index contributed by atoms with van der Waals surface area (Å²) in [6.07, 6.45) is 8.73. The monoisotopic (exact) mass is 501 g/mol. The fourth-order valence-corrected chi connectivity index (χ4v) is 6.06. The summed E-state index contributed by atoms with van der Waals surface area (Å²) in [7, 11) is 0. The number of thiazole rings is 1. The molecule has 8 nitrogen and oxygen atoms in total. The Morgan fingerprint density at radius 1 is 1.23 bits per heavy atom. The molecule has 9 heteroatoms. The van der Waals surface area contributed by atoms with Crippen LogP contribution in [0.5, 0.6) is 0 Å². The first-order valence-corrected chi connectivity index (χ1v) is 13.9. The molecule has 1 amide bonds. The van der Waals surface area contributed by atoms with Crippen molar-refractivity contribution in [1.82, 2.24) is 19.8 Å². The molecule has 35 heavy (non-hydrogen) atoms. The molecule has 0 radical (unpaired) electrons. The fourth-order valence-electron chi connectivity index (χ4n) is 5.14. The smallest absolute Gasteiger partial charge is 0.239 e. The molecule has 2 aliphatic rings. The first-order chi connectivity index (χ1) is 17.1. The third-order valence-corrected chi connectivity index (χ3v) is 8.11. The summed E-state index contributed by atoms with van der Waals surface area (Å²) >= 11 is 1.68. The molecule has 2 aliphatic heterocycles. The highest BCUT2D eigenvalue weighted by molar-refractivity contribution is 7.15. The zero-order valence-corrected chi connectivity index (χ0v) is 21.6. The number of nitrogens with zero attached hydrogens (tertiary/aromatic N) is 4. The first-order valence-electron chi connectivity index (χ1n) is 13.1. The lowest BCUT2D eigenvalue weighted by Gasteiger charge is -2.40. The molecule has 2 saturated heterocycles. The summed E-state index contributed by atoms with van der Waals surface area (Å²) in [4.78, 5) is 28.2. The highest BCUT2D eigenvalue weighted by Crippen LogP contribution is 2.30.